The maximum atomic E-state index is 13.5. The van der Waals surface area contributed by atoms with Crippen LogP contribution in [0.5, 0.6) is 0 Å². The molecular weight excluding hydrogens is 583 g/mol. The molecule has 0 aliphatic heterocycles. The maximum absolute atomic E-state index is 13.5. The van der Waals surface area contributed by atoms with Crippen molar-refractivity contribution in [1.29, 1.82) is 0 Å². The van der Waals surface area contributed by atoms with Gasteiger partial charge in [-0.1, -0.05) is 63.7 Å². The Morgan fingerprint density at radius 2 is 1.65 bits per heavy atom. The minimum Gasteiger partial charge on any atom is -0.324 e. The monoisotopic (exact) mass is 602 g/mol. The second-order valence-corrected chi connectivity index (χ2v) is 11.7. The molecule has 0 atom stereocenters. The molecule has 3 rings (SSSR count). The fraction of sp³-hybridized carbons (Fsp3) is 0.208. The number of aryl methyl sites for hydroxylation is 2. The van der Waals surface area contributed by atoms with Crippen molar-refractivity contribution >= 4 is 72.4 Å². The van der Waals surface area contributed by atoms with Gasteiger partial charge in [0.25, 0.3) is 0 Å². The number of anilines is 1. The SMILES string of the molecule is CCc1cc(Br)cc(C)c1NC(=O)CN(Cc1c(Cl)cccc1Cl)S(=O)(=O)c1ccc(Cl)cc1. The first kappa shape index (κ1) is 27.0. The van der Waals surface area contributed by atoms with Crippen molar-refractivity contribution in [3.8, 4) is 0 Å². The first-order chi connectivity index (χ1) is 16.0. The Morgan fingerprint density at radius 1 is 1.03 bits per heavy atom. The van der Waals surface area contributed by atoms with Crippen LogP contribution in [0.2, 0.25) is 15.1 Å². The van der Waals surface area contributed by atoms with E-state index in [2.05, 4.69) is 21.2 Å². The van der Waals surface area contributed by atoms with Crippen LogP contribution in [0.15, 0.2) is 64.0 Å². The zero-order valence-corrected chi connectivity index (χ0v) is 23.1. The van der Waals surface area contributed by atoms with Crippen molar-refractivity contribution in [2.75, 3.05) is 11.9 Å². The van der Waals surface area contributed by atoms with Gasteiger partial charge in [-0.05, 0) is 73.0 Å². The highest BCUT2D eigenvalue weighted by Gasteiger charge is 2.28. The van der Waals surface area contributed by atoms with E-state index in [0.29, 0.717) is 32.7 Å². The number of carbonyl (C=O) groups excluding carboxylic acids is 1. The third kappa shape index (κ3) is 6.33. The average Bonchev–Trinajstić information content (AvgIpc) is 2.77. The number of halogens is 4. The Balaban J connectivity index is 1.97. The van der Waals surface area contributed by atoms with Crippen LogP contribution in [0.4, 0.5) is 5.69 Å². The Kier molecular flexibility index (Phi) is 9.06. The van der Waals surface area contributed by atoms with E-state index in [1.54, 1.807) is 18.2 Å². The summed E-state index contributed by atoms with van der Waals surface area (Å²) >= 11 is 22.0. The van der Waals surface area contributed by atoms with E-state index in [4.69, 9.17) is 34.8 Å². The number of hydrogen-bond donors (Lipinski definition) is 1. The number of nitrogens with zero attached hydrogens (tertiary/aromatic N) is 1. The normalized spacial score (nSPS) is 11.6. The van der Waals surface area contributed by atoms with Crippen LogP contribution in [0.25, 0.3) is 0 Å². The second-order valence-electron chi connectivity index (χ2n) is 7.59. The number of nitrogens with one attached hydrogen (secondary N) is 1. The number of amides is 1. The van der Waals surface area contributed by atoms with Crippen LogP contribution < -0.4 is 5.32 Å². The van der Waals surface area contributed by atoms with Crippen molar-refractivity contribution in [1.82, 2.24) is 4.31 Å². The first-order valence-corrected chi connectivity index (χ1v) is 13.7. The summed E-state index contributed by atoms with van der Waals surface area (Å²) in [6, 6.07) is 14.5. The molecule has 0 bridgehead atoms. The Bertz CT molecular complexity index is 1300. The van der Waals surface area contributed by atoms with E-state index < -0.39 is 22.5 Å². The minimum atomic E-state index is -4.08. The van der Waals surface area contributed by atoms with Gasteiger partial charge in [-0.25, -0.2) is 8.42 Å². The maximum Gasteiger partial charge on any atom is 0.243 e. The predicted molar refractivity (Wildman–Crippen MR) is 142 cm³/mol. The lowest BCUT2D eigenvalue weighted by Gasteiger charge is -2.23. The summed E-state index contributed by atoms with van der Waals surface area (Å²) in [4.78, 5) is 13.1. The second kappa shape index (κ2) is 11.4. The molecule has 0 aliphatic carbocycles. The molecule has 5 nitrogen and oxygen atoms in total. The van der Waals surface area contributed by atoms with Crippen molar-refractivity contribution in [3.05, 3.63) is 90.8 Å². The summed E-state index contributed by atoms with van der Waals surface area (Å²) in [5.41, 5.74) is 2.86. The molecule has 0 aromatic heterocycles. The molecule has 1 N–H and O–H groups in total. The fourth-order valence-corrected chi connectivity index (χ4v) is 6.08. The lowest BCUT2D eigenvalue weighted by molar-refractivity contribution is -0.116. The van der Waals surface area contributed by atoms with Gasteiger partial charge < -0.3 is 5.32 Å². The molecule has 34 heavy (non-hydrogen) atoms. The highest BCUT2D eigenvalue weighted by molar-refractivity contribution is 9.10. The number of carbonyl (C=O) groups is 1. The van der Waals surface area contributed by atoms with Gasteiger partial charge in [0.15, 0.2) is 0 Å². The first-order valence-electron chi connectivity index (χ1n) is 10.3. The van der Waals surface area contributed by atoms with Gasteiger partial charge in [-0.2, -0.15) is 4.31 Å². The van der Waals surface area contributed by atoms with Gasteiger partial charge >= 0.3 is 0 Å². The van der Waals surface area contributed by atoms with Gasteiger partial charge in [-0.15, -0.1) is 0 Å². The number of hydrogen-bond acceptors (Lipinski definition) is 3. The Morgan fingerprint density at radius 3 is 2.24 bits per heavy atom. The topological polar surface area (TPSA) is 66.5 Å². The van der Waals surface area contributed by atoms with Crippen LogP contribution in [-0.2, 0) is 27.8 Å². The number of sulfonamides is 1. The van der Waals surface area contributed by atoms with Crippen LogP contribution in [0.1, 0.15) is 23.6 Å². The largest absolute Gasteiger partial charge is 0.324 e. The van der Waals surface area contributed by atoms with E-state index in [1.165, 1.54) is 24.3 Å². The van der Waals surface area contributed by atoms with Crippen molar-refractivity contribution in [3.63, 3.8) is 0 Å². The molecule has 10 heteroatoms. The molecular formula is C24H22BrCl3N2O3S. The summed E-state index contributed by atoms with van der Waals surface area (Å²) < 4.78 is 29.0. The standard InChI is InChI=1S/C24H22BrCl3N2O3S/c1-3-16-12-17(25)11-15(2)24(16)29-23(31)14-30(13-20-21(27)5-4-6-22(20)28)34(32,33)19-9-7-18(26)8-10-19/h4-12H,3,13-14H2,1-2H3,(H,29,31). The highest BCUT2D eigenvalue weighted by atomic mass is 79.9. The van der Waals surface area contributed by atoms with Gasteiger partial charge in [0.05, 0.1) is 11.4 Å². The molecule has 0 heterocycles. The van der Waals surface area contributed by atoms with Crippen molar-refractivity contribution < 1.29 is 13.2 Å². The summed E-state index contributed by atoms with van der Waals surface area (Å²) in [6.45, 7) is 3.24. The van der Waals surface area contributed by atoms with E-state index in [1.807, 2.05) is 26.0 Å². The molecule has 3 aromatic rings. The Hall–Kier alpha value is -1.61. The van der Waals surface area contributed by atoms with E-state index >= 15 is 0 Å². The lowest BCUT2D eigenvalue weighted by Crippen LogP contribution is -2.38. The van der Waals surface area contributed by atoms with Crippen molar-refractivity contribution in [2.45, 2.75) is 31.7 Å². The molecule has 180 valence electrons. The summed E-state index contributed by atoms with van der Waals surface area (Å²) in [6.07, 6.45) is 0.692. The average molecular weight is 605 g/mol. The van der Waals surface area contributed by atoms with E-state index in [-0.39, 0.29) is 11.4 Å². The Labute approximate surface area is 223 Å². The summed E-state index contributed by atoms with van der Waals surface area (Å²) in [7, 11) is -4.08. The molecule has 0 spiro atoms. The zero-order valence-electron chi connectivity index (χ0n) is 18.4. The molecule has 0 unspecified atom stereocenters. The van der Waals surface area contributed by atoms with Gasteiger partial charge in [-0.3, -0.25) is 4.79 Å². The quantitative estimate of drug-likeness (QED) is 0.298. The molecule has 3 aromatic carbocycles. The molecule has 1 amide bonds. The van der Waals surface area contributed by atoms with Gasteiger partial charge in [0.1, 0.15) is 0 Å². The van der Waals surface area contributed by atoms with Gasteiger partial charge in [0.2, 0.25) is 15.9 Å². The van der Waals surface area contributed by atoms with Crippen molar-refractivity contribution in [2.24, 2.45) is 0 Å². The van der Waals surface area contributed by atoms with E-state index in [0.717, 1.165) is 19.9 Å². The molecule has 0 saturated carbocycles. The zero-order chi connectivity index (χ0) is 25.0. The third-order valence-electron chi connectivity index (χ3n) is 5.19. The summed E-state index contributed by atoms with van der Waals surface area (Å²) in [5.74, 6) is -0.485. The highest BCUT2D eigenvalue weighted by Crippen LogP contribution is 2.30. The van der Waals surface area contributed by atoms with Crippen LogP contribution >= 0.6 is 50.7 Å². The van der Waals surface area contributed by atoms with E-state index in [9.17, 15) is 13.2 Å². The smallest absolute Gasteiger partial charge is 0.243 e. The van der Waals surface area contributed by atoms with Crippen LogP contribution in [-0.4, -0.2) is 25.2 Å². The molecule has 0 fully saturated rings. The third-order valence-corrected chi connectivity index (χ3v) is 8.42. The van der Waals surface area contributed by atoms with Crippen LogP contribution in [0, 0.1) is 6.92 Å². The number of benzene rings is 3. The van der Waals surface area contributed by atoms with Gasteiger partial charge in [0, 0.05) is 37.3 Å². The predicted octanol–water partition coefficient (Wildman–Crippen LogP) is 7.11. The fourth-order valence-electron chi connectivity index (χ4n) is 3.45. The molecule has 0 radical (unpaired) electrons. The molecule has 0 aliphatic rings. The molecule has 0 saturated heterocycles. The van der Waals surface area contributed by atoms with Crippen LogP contribution in [0.3, 0.4) is 0 Å². The minimum absolute atomic E-state index is 0.00180. The number of rotatable bonds is 8. The lowest BCUT2D eigenvalue weighted by atomic mass is 10.1. The summed E-state index contributed by atoms with van der Waals surface area (Å²) in [5, 5.41) is 3.89.